The molecule has 2 heteroatoms. The Kier molecular flexibility index (Phi) is 2.14. The molecule has 0 amide bonds. The number of nitrogens with zero attached hydrogens (tertiary/aromatic N) is 1. The van der Waals surface area contributed by atoms with Gasteiger partial charge < -0.3 is 5.32 Å². The van der Waals surface area contributed by atoms with Crippen molar-refractivity contribution in [3.63, 3.8) is 0 Å². The van der Waals surface area contributed by atoms with Crippen molar-refractivity contribution >= 4 is 0 Å². The van der Waals surface area contributed by atoms with Gasteiger partial charge in [-0.05, 0) is 62.8 Å². The minimum absolute atomic E-state index is 0.736. The molecule has 5 unspecified atom stereocenters. The summed E-state index contributed by atoms with van der Waals surface area (Å²) < 4.78 is 0. The van der Waals surface area contributed by atoms with Crippen LogP contribution in [0.15, 0.2) is 0 Å². The standard InChI is InChI=1S/C14H24N2/c1-9-4-6-16(7-5-15-9)14-12-10-2-3-11(8-10)13(12)14/h9-15H,2-8H2,1H3. The Morgan fingerprint density at radius 2 is 1.75 bits per heavy atom. The second-order valence-electron chi connectivity index (χ2n) is 6.66. The molecule has 0 spiro atoms. The second-order valence-corrected chi connectivity index (χ2v) is 6.66. The van der Waals surface area contributed by atoms with Gasteiger partial charge in [-0.25, -0.2) is 0 Å². The van der Waals surface area contributed by atoms with Crippen LogP contribution >= 0.6 is 0 Å². The Bertz CT molecular complexity index is 274. The van der Waals surface area contributed by atoms with Crippen LogP contribution in [-0.2, 0) is 0 Å². The van der Waals surface area contributed by atoms with Gasteiger partial charge in [-0.15, -0.1) is 0 Å². The Morgan fingerprint density at radius 1 is 1.00 bits per heavy atom. The van der Waals surface area contributed by atoms with Gasteiger partial charge >= 0.3 is 0 Å². The van der Waals surface area contributed by atoms with Crippen molar-refractivity contribution in [2.75, 3.05) is 19.6 Å². The topological polar surface area (TPSA) is 15.3 Å². The van der Waals surface area contributed by atoms with Gasteiger partial charge in [-0.2, -0.15) is 0 Å². The summed E-state index contributed by atoms with van der Waals surface area (Å²) in [5.74, 6) is 4.53. The van der Waals surface area contributed by atoms with Crippen LogP contribution in [0.4, 0.5) is 0 Å². The highest BCUT2D eigenvalue weighted by atomic mass is 15.2. The van der Waals surface area contributed by atoms with Gasteiger partial charge in [0.05, 0.1) is 0 Å². The highest BCUT2D eigenvalue weighted by Gasteiger charge is 2.66. The van der Waals surface area contributed by atoms with Gasteiger partial charge in [0.1, 0.15) is 0 Å². The molecule has 0 aromatic rings. The van der Waals surface area contributed by atoms with E-state index in [-0.39, 0.29) is 0 Å². The molecule has 4 fully saturated rings. The van der Waals surface area contributed by atoms with Crippen molar-refractivity contribution in [3.8, 4) is 0 Å². The fraction of sp³-hybridized carbons (Fsp3) is 1.00. The van der Waals surface area contributed by atoms with E-state index in [4.69, 9.17) is 0 Å². The molecule has 4 aliphatic rings. The number of fused-ring (bicyclic) bond motifs is 5. The summed E-state index contributed by atoms with van der Waals surface area (Å²) in [6, 6.07) is 1.75. The van der Waals surface area contributed by atoms with Crippen LogP contribution in [0.1, 0.15) is 32.6 Å². The summed E-state index contributed by atoms with van der Waals surface area (Å²) in [6.07, 6.45) is 6.06. The van der Waals surface area contributed by atoms with Crippen molar-refractivity contribution in [2.45, 2.75) is 44.7 Å². The largest absolute Gasteiger partial charge is 0.313 e. The van der Waals surface area contributed by atoms with E-state index in [1.807, 2.05) is 0 Å². The van der Waals surface area contributed by atoms with E-state index < -0.39 is 0 Å². The van der Waals surface area contributed by atoms with E-state index >= 15 is 0 Å². The van der Waals surface area contributed by atoms with Crippen molar-refractivity contribution < 1.29 is 0 Å². The van der Waals surface area contributed by atoms with E-state index in [0.29, 0.717) is 0 Å². The van der Waals surface area contributed by atoms with Gasteiger partial charge in [0.15, 0.2) is 0 Å². The van der Waals surface area contributed by atoms with Crippen LogP contribution in [0.5, 0.6) is 0 Å². The average molecular weight is 220 g/mol. The number of hydrogen-bond donors (Lipinski definition) is 1. The van der Waals surface area contributed by atoms with Crippen molar-refractivity contribution in [3.05, 3.63) is 0 Å². The van der Waals surface area contributed by atoms with Gasteiger partial charge in [-0.3, -0.25) is 4.90 Å². The van der Waals surface area contributed by atoms with Crippen LogP contribution < -0.4 is 5.32 Å². The van der Waals surface area contributed by atoms with Crippen LogP contribution in [-0.4, -0.2) is 36.6 Å². The van der Waals surface area contributed by atoms with E-state index in [1.165, 1.54) is 26.1 Å². The zero-order chi connectivity index (χ0) is 10.7. The first-order valence-electron chi connectivity index (χ1n) is 7.32. The van der Waals surface area contributed by atoms with Gasteiger partial charge in [0.25, 0.3) is 0 Å². The van der Waals surface area contributed by atoms with Gasteiger partial charge in [0, 0.05) is 25.2 Å². The average Bonchev–Trinajstić information content (AvgIpc) is 2.80. The lowest BCUT2D eigenvalue weighted by Gasteiger charge is -2.23. The van der Waals surface area contributed by atoms with E-state index in [0.717, 1.165) is 35.8 Å². The predicted octanol–water partition coefficient (Wildman–Crippen LogP) is 1.71. The molecule has 90 valence electrons. The maximum atomic E-state index is 3.62. The van der Waals surface area contributed by atoms with E-state index in [9.17, 15) is 0 Å². The van der Waals surface area contributed by atoms with E-state index in [2.05, 4.69) is 17.1 Å². The maximum Gasteiger partial charge on any atom is 0.0164 e. The molecule has 1 heterocycles. The van der Waals surface area contributed by atoms with Crippen LogP contribution in [0.25, 0.3) is 0 Å². The summed E-state index contributed by atoms with van der Waals surface area (Å²) >= 11 is 0. The molecule has 3 aliphatic carbocycles. The number of rotatable bonds is 1. The SMILES string of the molecule is CC1CCN(C2C3C4CCC(C4)C32)CCN1. The molecule has 0 aromatic heterocycles. The third-order valence-corrected chi connectivity index (χ3v) is 5.86. The number of nitrogens with one attached hydrogen (secondary N) is 1. The second kappa shape index (κ2) is 3.46. The molecule has 2 bridgehead atoms. The van der Waals surface area contributed by atoms with Crippen LogP contribution in [0.2, 0.25) is 0 Å². The summed E-state index contributed by atoms with van der Waals surface area (Å²) in [5, 5.41) is 3.62. The third-order valence-electron chi connectivity index (χ3n) is 5.86. The molecule has 1 saturated heterocycles. The first-order chi connectivity index (χ1) is 7.84. The predicted molar refractivity (Wildman–Crippen MR) is 65.3 cm³/mol. The molecule has 1 N–H and O–H groups in total. The highest BCUT2D eigenvalue weighted by Crippen LogP contribution is 2.67. The minimum Gasteiger partial charge on any atom is -0.313 e. The Labute approximate surface area is 98.8 Å². The molecule has 4 rings (SSSR count). The summed E-state index contributed by atoms with van der Waals surface area (Å²) in [5.41, 5.74) is 0. The van der Waals surface area contributed by atoms with Crippen LogP contribution in [0.3, 0.4) is 0 Å². The first-order valence-corrected chi connectivity index (χ1v) is 7.32. The number of hydrogen-bond acceptors (Lipinski definition) is 2. The molecule has 1 aliphatic heterocycles. The van der Waals surface area contributed by atoms with Gasteiger partial charge in [-0.1, -0.05) is 0 Å². The molecule has 5 atom stereocenters. The molecule has 2 nitrogen and oxygen atoms in total. The molecular formula is C14H24N2. The minimum atomic E-state index is 0.736. The molecule has 3 saturated carbocycles. The van der Waals surface area contributed by atoms with Crippen molar-refractivity contribution in [1.29, 1.82) is 0 Å². The lowest BCUT2D eigenvalue weighted by molar-refractivity contribution is 0.232. The maximum absolute atomic E-state index is 3.62. The summed E-state index contributed by atoms with van der Waals surface area (Å²) in [7, 11) is 0. The third kappa shape index (κ3) is 1.32. The first kappa shape index (κ1) is 9.90. The fourth-order valence-corrected chi connectivity index (χ4v) is 5.09. The molecule has 0 radical (unpaired) electrons. The lowest BCUT2D eigenvalue weighted by Crippen LogP contribution is -2.33. The normalized spacial score (nSPS) is 56.1. The summed E-state index contributed by atoms with van der Waals surface area (Å²) in [6.45, 7) is 6.21. The Hall–Kier alpha value is -0.0800. The fourth-order valence-electron chi connectivity index (χ4n) is 5.09. The summed E-state index contributed by atoms with van der Waals surface area (Å²) in [4.78, 5) is 2.83. The monoisotopic (exact) mass is 220 g/mol. The van der Waals surface area contributed by atoms with Crippen molar-refractivity contribution in [2.24, 2.45) is 23.7 Å². The molecular weight excluding hydrogens is 196 g/mol. The zero-order valence-electron chi connectivity index (χ0n) is 10.4. The van der Waals surface area contributed by atoms with Gasteiger partial charge in [0.2, 0.25) is 0 Å². The molecule has 16 heavy (non-hydrogen) atoms. The molecule has 0 aromatic carbocycles. The van der Waals surface area contributed by atoms with Crippen LogP contribution in [0, 0.1) is 23.7 Å². The smallest absolute Gasteiger partial charge is 0.0164 e. The highest BCUT2D eigenvalue weighted by molar-refractivity contribution is 5.17. The van der Waals surface area contributed by atoms with E-state index in [1.54, 1.807) is 19.3 Å². The Morgan fingerprint density at radius 3 is 2.50 bits per heavy atom. The lowest BCUT2D eigenvalue weighted by atomic mass is 10.0. The quantitative estimate of drug-likeness (QED) is 0.724. The van der Waals surface area contributed by atoms with Crippen molar-refractivity contribution in [1.82, 2.24) is 10.2 Å². The zero-order valence-corrected chi connectivity index (χ0v) is 10.4. The Balaban J connectivity index is 1.44.